The summed E-state index contributed by atoms with van der Waals surface area (Å²) < 4.78 is 17.2. The van der Waals surface area contributed by atoms with E-state index in [9.17, 15) is 9.65 Å². The van der Waals surface area contributed by atoms with E-state index in [0.717, 1.165) is 24.4 Å². The fraction of sp³-hybridized carbons (Fsp3) is 0.292. The molecule has 3 aromatic heterocycles. The molecule has 0 saturated carbocycles. The summed E-state index contributed by atoms with van der Waals surface area (Å²) in [7, 11) is 3.78. The zero-order valence-electron chi connectivity index (χ0n) is 18.8. The fourth-order valence-corrected chi connectivity index (χ4v) is 4.96. The highest BCUT2D eigenvalue weighted by Gasteiger charge is 2.30. The maximum atomic E-state index is 13.6. The van der Waals surface area contributed by atoms with Gasteiger partial charge in [-0.15, -0.1) is 10.2 Å². The van der Waals surface area contributed by atoms with Gasteiger partial charge in [-0.2, -0.15) is 14.8 Å². The number of nitriles is 1. The molecule has 0 N–H and O–H groups in total. The number of benzene rings is 1. The van der Waals surface area contributed by atoms with Gasteiger partial charge in [0.2, 0.25) is 5.95 Å². The third-order valence-corrected chi connectivity index (χ3v) is 6.59. The fourth-order valence-electron chi connectivity index (χ4n) is 4.65. The van der Waals surface area contributed by atoms with Crippen molar-refractivity contribution in [1.82, 2.24) is 29.5 Å². The molecule has 0 unspecified atom stereocenters. The largest absolute Gasteiger partial charge is 0.370 e. The summed E-state index contributed by atoms with van der Waals surface area (Å²) in [5.74, 6) is 0.666. The van der Waals surface area contributed by atoms with Crippen LogP contribution in [0.5, 0.6) is 0 Å². The summed E-state index contributed by atoms with van der Waals surface area (Å²) in [5.41, 5.74) is 3.86. The van der Waals surface area contributed by atoms with E-state index in [1.165, 1.54) is 12.3 Å². The molecule has 4 heterocycles. The molecule has 0 amide bonds. The summed E-state index contributed by atoms with van der Waals surface area (Å²) in [6.45, 7) is 1.41. The van der Waals surface area contributed by atoms with Crippen LogP contribution in [0.3, 0.4) is 0 Å². The molecule has 1 aliphatic rings. The van der Waals surface area contributed by atoms with Gasteiger partial charge in [0.05, 0.1) is 22.0 Å². The first-order valence-corrected chi connectivity index (χ1v) is 11.3. The number of pyridine rings is 1. The Morgan fingerprint density at radius 1 is 1.18 bits per heavy atom. The van der Waals surface area contributed by atoms with E-state index in [1.54, 1.807) is 23.1 Å². The molecule has 0 aliphatic carbocycles. The quantitative estimate of drug-likeness (QED) is 0.407. The minimum Gasteiger partial charge on any atom is -0.370 e. The highest BCUT2D eigenvalue weighted by Crippen LogP contribution is 2.45. The first kappa shape index (κ1) is 22.0. The molecule has 0 radical (unpaired) electrons. The Morgan fingerprint density at radius 2 is 1.97 bits per heavy atom. The smallest absolute Gasteiger partial charge is 0.212 e. The second-order valence-corrected chi connectivity index (χ2v) is 8.83. The van der Waals surface area contributed by atoms with E-state index in [0.29, 0.717) is 46.1 Å². The van der Waals surface area contributed by atoms with Gasteiger partial charge >= 0.3 is 0 Å². The summed E-state index contributed by atoms with van der Waals surface area (Å²) in [6.07, 6.45) is 6.70. The number of hydrogen-bond acceptors (Lipinski definition) is 6. The molecule has 8 nitrogen and oxygen atoms in total. The van der Waals surface area contributed by atoms with Crippen LogP contribution in [0, 0.1) is 17.3 Å². The van der Waals surface area contributed by atoms with E-state index >= 15 is 0 Å². The minimum absolute atomic E-state index is 0.277. The lowest BCUT2D eigenvalue weighted by Gasteiger charge is -2.35. The predicted molar refractivity (Wildman–Crippen MR) is 127 cm³/mol. The standard InChI is InChI=1S/C24H22ClFN8/c1-32-14-29-30-24(32)15-5-9-34(10-6-15)23-18(12-27)17(20-7-8-33(2)31-20)11-19(25)22(23)16-3-4-21(26)28-13-16/h3-4,7-8,11,13-15H,5-6,9-10H2,1-2H3. The molecule has 34 heavy (non-hydrogen) atoms. The van der Waals surface area contributed by atoms with E-state index in [1.807, 2.05) is 30.9 Å². The highest BCUT2D eigenvalue weighted by atomic mass is 35.5. The molecule has 5 rings (SSSR count). The van der Waals surface area contributed by atoms with Crippen LogP contribution in [-0.4, -0.2) is 42.6 Å². The van der Waals surface area contributed by atoms with Crippen molar-refractivity contribution in [3.8, 4) is 28.5 Å². The Hall–Kier alpha value is -3.77. The van der Waals surface area contributed by atoms with Gasteiger partial charge in [0.25, 0.3) is 0 Å². The normalized spacial score (nSPS) is 14.4. The zero-order valence-corrected chi connectivity index (χ0v) is 19.5. The van der Waals surface area contributed by atoms with Gasteiger partial charge in [0, 0.05) is 62.2 Å². The Labute approximate surface area is 201 Å². The molecule has 1 saturated heterocycles. The molecule has 1 aliphatic heterocycles. The number of hydrogen-bond donors (Lipinski definition) is 0. The van der Waals surface area contributed by atoms with E-state index < -0.39 is 5.95 Å². The second-order valence-electron chi connectivity index (χ2n) is 8.42. The zero-order chi connectivity index (χ0) is 23.8. The average molecular weight is 477 g/mol. The second kappa shape index (κ2) is 8.88. The van der Waals surface area contributed by atoms with Gasteiger partial charge in [-0.1, -0.05) is 11.6 Å². The number of piperidine rings is 1. The predicted octanol–water partition coefficient (Wildman–Crippen LogP) is 4.33. The third kappa shape index (κ3) is 3.90. The number of aryl methyl sites for hydroxylation is 2. The first-order valence-electron chi connectivity index (χ1n) is 10.9. The summed E-state index contributed by atoms with van der Waals surface area (Å²) >= 11 is 6.83. The van der Waals surface area contributed by atoms with Gasteiger partial charge in [-0.3, -0.25) is 4.68 Å². The molecule has 172 valence electrons. The molecule has 0 bridgehead atoms. The van der Waals surface area contributed by atoms with Crippen LogP contribution in [0.1, 0.15) is 30.1 Å². The Bertz CT molecular complexity index is 1380. The van der Waals surface area contributed by atoms with Gasteiger partial charge in [-0.05, 0) is 37.1 Å². The Kier molecular flexibility index (Phi) is 5.75. The summed E-state index contributed by atoms with van der Waals surface area (Å²) in [5, 5.41) is 23.5. The van der Waals surface area contributed by atoms with Crippen molar-refractivity contribution in [2.45, 2.75) is 18.8 Å². The molecule has 1 fully saturated rings. The maximum Gasteiger partial charge on any atom is 0.212 e. The highest BCUT2D eigenvalue weighted by molar-refractivity contribution is 6.34. The van der Waals surface area contributed by atoms with Gasteiger partial charge < -0.3 is 9.47 Å². The average Bonchev–Trinajstić information content (AvgIpc) is 3.47. The topological polar surface area (TPSA) is 88.5 Å². The monoisotopic (exact) mass is 476 g/mol. The van der Waals surface area contributed by atoms with Crippen molar-refractivity contribution in [1.29, 1.82) is 5.26 Å². The number of nitrogens with zero attached hydrogens (tertiary/aromatic N) is 8. The van der Waals surface area contributed by atoms with Crippen LogP contribution in [-0.2, 0) is 14.1 Å². The number of anilines is 1. The lowest BCUT2D eigenvalue weighted by Crippen LogP contribution is -2.34. The molecule has 1 aromatic carbocycles. The van der Waals surface area contributed by atoms with Gasteiger partial charge in [-0.25, -0.2) is 4.98 Å². The van der Waals surface area contributed by atoms with Crippen LogP contribution in [0.15, 0.2) is 43.0 Å². The molecular weight excluding hydrogens is 455 g/mol. The van der Waals surface area contributed by atoms with Crippen molar-refractivity contribution in [2.24, 2.45) is 14.1 Å². The first-order chi connectivity index (χ1) is 16.5. The van der Waals surface area contributed by atoms with Crippen LogP contribution in [0.4, 0.5) is 10.1 Å². The summed E-state index contributed by atoms with van der Waals surface area (Å²) in [6, 6.07) is 8.95. The van der Waals surface area contributed by atoms with Crippen LogP contribution < -0.4 is 4.90 Å². The van der Waals surface area contributed by atoms with Crippen LogP contribution >= 0.6 is 11.6 Å². The molecule has 0 spiro atoms. The van der Waals surface area contributed by atoms with Gasteiger partial charge in [0.1, 0.15) is 18.2 Å². The van der Waals surface area contributed by atoms with Gasteiger partial charge in [0.15, 0.2) is 0 Å². The van der Waals surface area contributed by atoms with E-state index in [2.05, 4.69) is 31.2 Å². The minimum atomic E-state index is -0.573. The Balaban J connectivity index is 1.63. The van der Waals surface area contributed by atoms with Crippen LogP contribution in [0.25, 0.3) is 22.4 Å². The molecular formula is C24H22ClFN8. The molecule has 4 aromatic rings. The number of aromatic nitrogens is 6. The van der Waals surface area contributed by atoms with Crippen molar-refractivity contribution >= 4 is 17.3 Å². The molecule has 0 atom stereocenters. The number of rotatable bonds is 4. The SMILES string of the molecule is Cn1ccc(-c2cc(Cl)c(-c3ccc(F)nc3)c(N3CCC(c4nncn4C)CC3)c2C#N)n1. The Morgan fingerprint density at radius 3 is 2.56 bits per heavy atom. The van der Waals surface area contributed by atoms with Crippen molar-refractivity contribution < 1.29 is 4.39 Å². The number of halogens is 2. The lowest BCUT2D eigenvalue weighted by atomic mass is 9.91. The van der Waals surface area contributed by atoms with Crippen molar-refractivity contribution in [3.05, 3.63) is 65.3 Å². The van der Waals surface area contributed by atoms with Crippen LogP contribution in [0.2, 0.25) is 5.02 Å². The summed E-state index contributed by atoms with van der Waals surface area (Å²) in [4.78, 5) is 6.00. The van der Waals surface area contributed by atoms with E-state index in [4.69, 9.17) is 11.6 Å². The third-order valence-electron chi connectivity index (χ3n) is 6.29. The van der Waals surface area contributed by atoms with Crippen molar-refractivity contribution in [3.63, 3.8) is 0 Å². The van der Waals surface area contributed by atoms with E-state index in [-0.39, 0.29) is 5.92 Å². The lowest BCUT2D eigenvalue weighted by molar-refractivity contribution is 0.474. The molecule has 10 heteroatoms. The van der Waals surface area contributed by atoms with Crippen molar-refractivity contribution in [2.75, 3.05) is 18.0 Å². The maximum absolute atomic E-state index is 13.6.